The Kier molecular flexibility index (Phi) is 6.73. The summed E-state index contributed by atoms with van der Waals surface area (Å²) in [6.07, 6.45) is 0. The van der Waals surface area contributed by atoms with Crippen molar-refractivity contribution in [3.63, 3.8) is 0 Å². The molecule has 0 aliphatic heterocycles. The van der Waals surface area contributed by atoms with Crippen LogP contribution >= 0.6 is 0 Å². The fourth-order valence-corrected chi connectivity index (χ4v) is 1.03. The molecule has 0 fully saturated rings. The number of nitrogens with zero attached hydrogens (tertiary/aromatic N) is 2. The van der Waals surface area contributed by atoms with E-state index < -0.39 is 0 Å². The van der Waals surface area contributed by atoms with E-state index in [0.717, 1.165) is 26.3 Å². The highest BCUT2D eigenvalue weighted by Crippen LogP contribution is 1.96. The first-order chi connectivity index (χ1) is 5.76. The van der Waals surface area contributed by atoms with Gasteiger partial charge in [-0.05, 0) is 20.4 Å². The molecule has 70 valence electrons. The summed E-state index contributed by atoms with van der Waals surface area (Å²) in [7, 11) is 0. The summed E-state index contributed by atoms with van der Waals surface area (Å²) in [5.74, 6) is 0. The highest BCUT2D eigenvalue weighted by atomic mass is 16.5. The van der Waals surface area contributed by atoms with Crippen molar-refractivity contribution in [2.45, 2.75) is 26.8 Å². The minimum Gasteiger partial charge on any atom is -0.380 e. The van der Waals surface area contributed by atoms with Gasteiger partial charge in [-0.1, -0.05) is 6.92 Å². The van der Waals surface area contributed by atoms with Crippen molar-refractivity contribution < 1.29 is 4.74 Å². The second-order valence-electron chi connectivity index (χ2n) is 2.63. The van der Waals surface area contributed by atoms with Gasteiger partial charge in [0.2, 0.25) is 0 Å². The van der Waals surface area contributed by atoms with E-state index in [1.54, 1.807) is 0 Å². The van der Waals surface area contributed by atoms with Crippen molar-refractivity contribution in [2.24, 2.45) is 0 Å². The van der Waals surface area contributed by atoms with Crippen molar-refractivity contribution in [2.75, 3.05) is 26.3 Å². The molecule has 0 N–H and O–H groups in total. The largest absolute Gasteiger partial charge is 0.380 e. The van der Waals surface area contributed by atoms with Crippen molar-refractivity contribution in [3.05, 3.63) is 0 Å². The SMILES string of the molecule is CCOCCN(CC)C(C)C#N. The first kappa shape index (κ1) is 11.4. The summed E-state index contributed by atoms with van der Waals surface area (Å²) in [4.78, 5) is 2.09. The zero-order valence-electron chi connectivity index (χ0n) is 8.21. The lowest BCUT2D eigenvalue weighted by Gasteiger charge is -2.22. The van der Waals surface area contributed by atoms with Gasteiger partial charge in [0.1, 0.15) is 0 Å². The van der Waals surface area contributed by atoms with Gasteiger partial charge in [0.25, 0.3) is 0 Å². The van der Waals surface area contributed by atoms with Crippen LogP contribution in [-0.4, -0.2) is 37.2 Å². The van der Waals surface area contributed by atoms with Crippen LogP contribution in [0.25, 0.3) is 0 Å². The van der Waals surface area contributed by atoms with Crippen LogP contribution in [0.15, 0.2) is 0 Å². The van der Waals surface area contributed by atoms with Crippen LogP contribution in [0.4, 0.5) is 0 Å². The Labute approximate surface area is 74.9 Å². The number of nitriles is 1. The first-order valence-corrected chi connectivity index (χ1v) is 4.47. The summed E-state index contributed by atoms with van der Waals surface area (Å²) >= 11 is 0. The predicted octanol–water partition coefficient (Wildman–Crippen LogP) is 1.26. The van der Waals surface area contributed by atoms with Crippen LogP contribution in [0.1, 0.15) is 20.8 Å². The molecule has 0 aromatic rings. The standard InChI is InChI=1S/C9H18N2O/c1-4-11(9(3)8-10)6-7-12-5-2/h9H,4-7H2,1-3H3. The molecule has 0 aromatic carbocycles. The molecule has 3 nitrogen and oxygen atoms in total. The molecular formula is C9H18N2O. The Bertz CT molecular complexity index is 142. The van der Waals surface area contributed by atoms with E-state index in [1.807, 2.05) is 13.8 Å². The maximum Gasteiger partial charge on any atom is 0.0950 e. The minimum atomic E-state index is -0.00421. The number of hydrogen-bond donors (Lipinski definition) is 0. The Hall–Kier alpha value is -0.590. The Balaban J connectivity index is 3.61. The summed E-state index contributed by atoms with van der Waals surface area (Å²) in [6.45, 7) is 9.16. The Morgan fingerprint density at radius 1 is 1.50 bits per heavy atom. The summed E-state index contributed by atoms with van der Waals surface area (Å²) in [5.41, 5.74) is 0. The van der Waals surface area contributed by atoms with Gasteiger partial charge in [0.05, 0.1) is 18.7 Å². The second-order valence-corrected chi connectivity index (χ2v) is 2.63. The van der Waals surface area contributed by atoms with Crippen LogP contribution in [0.2, 0.25) is 0 Å². The predicted molar refractivity (Wildman–Crippen MR) is 48.8 cm³/mol. The monoisotopic (exact) mass is 170 g/mol. The third-order valence-corrected chi connectivity index (χ3v) is 1.87. The molecular weight excluding hydrogens is 152 g/mol. The van der Waals surface area contributed by atoms with Crippen molar-refractivity contribution in [3.8, 4) is 6.07 Å². The number of likely N-dealkylation sites (N-methyl/N-ethyl adjacent to an activating group) is 1. The van der Waals surface area contributed by atoms with Gasteiger partial charge < -0.3 is 4.74 Å². The maximum atomic E-state index is 8.66. The van der Waals surface area contributed by atoms with Crippen LogP contribution < -0.4 is 0 Å². The van der Waals surface area contributed by atoms with Gasteiger partial charge >= 0.3 is 0 Å². The average Bonchev–Trinajstić information content (AvgIpc) is 2.11. The highest BCUT2D eigenvalue weighted by Gasteiger charge is 2.09. The molecule has 0 saturated heterocycles. The molecule has 1 unspecified atom stereocenters. The lowest BCUT2D eigenvalue weighted by atomic mass is 10.3. The van der Waals surface area contributed by atoms with Crippen molar-refractivity contribution in [1.82, 2.24) is 4.90 Å². The number of ether oxygens (including phenoxy) is 1. The zero-order chi connectivity index (χ0) is 9.40. The first-order valence-electron chi connectivity index (χ1n) is 4.47. The molecule has 1 atom stereocenters. The van der Waals surface area contributed by atoms with Gasteiger partial charge in [-0.2, -0.15) is 5.26 Å². The summed E-state index contributed by atoms with van der Waals surface area (Å²) in [5, 5.41) is 8.66. The van der Waals surface area contributed by atoms with Crippen LogP contribution in [-0.2, 0) is 4.74 Å². The third-order valence-electron chi connectivity index (χ3n) is 1.87. The highest BCUT2D eigenvalue weighted by molar-refractivity contribution is 4.87. The lowest BCUT2D eigenvalue weighted by molar-refractivity contribution is 0.109. The second kappa shape index (κ2) is 7.08. The minimum absolute atomic E-state index is 0.00421. The molecule has 0 rings (SSSR count). The van der Waals surface area contributed by atoms with E-state index >= 15 is 0 Å². The van der Waals surface area contributed by atoms with E-state index in [-0.39, 0.29) is 6.04 Å². The van der Waals surface area contributed by atoms with Gasteiger partial charge in [0.15, 0.2) is 0 Å². The van der Waals surface area contributed by atoms with Crippen molar-refractivity contribution >= 4 is 0 Å². The third kappa shape index (κ3) is 4.32. The fourth-order valence-electron chi connectivity index (χ4n) is 1.03. The molecule has 0 amide bonds. The maximum absolute atomic E-state index is 8.66. The van der Waals surface area contributed by atoms with E-state index in [0.29, 0.717) is 0 Å². The average molecular weight is 170 g/mol. The van der Waals surface area contributed by atoms with E-state index in [9.17, 15) is 0 Å². The summed E-state index contributed by atoms with van der Waals surface area (Å²) in [6, 6.07) is 2.21. The van der Waals surface area contributed by atoms with Gasteiger partial charge in [-0.15, -0.1) is 0 Å². The van der Waals surface area contributed by atoms with Gasteiger partial charge in [0, 0.05) is 13.2 Å². The van der Waals surface area contributed by atoms with Crippen LogP contribution in [0.3, 0.4) is 0 Å². The molecule has 0 aromatic heterocycles. The molecule has 3 heteroatoms. The van der Waals surface area contributed by atoms with Crippen LogP contribution in [0.5, 0.6) is 0 Å². The normalized spacial score (nSPS) is 12.9. The van der Waals surface area contributed by atoms with E-state index in [4.69, 9.17) is 10.00 Å². The molecule has 0 bridgehead atoms. The van der Waals surface area contributed by atoms with Crippen molar-refractivity contribution in [1.29, 1.82) is 5.26 Å². The van der Waals surface area contributed by atoms with E-state index in [2.05, 4.69) is 17.9 Å². The summed E-state index contributed by atoms with van der Waals surface area (Å²) < 4.78 is 5.21. The molecule has 0 aliphatic carbocycles. The quantitative estimate of drug-likeness (QED) is 0.563. The molecule has 0 heterocycles. The fraction of sp³-hybridized carbons (Fsp3) is 0.889. The molecule has 0 saturated carbocycles. The smallest absolute Gasteiger partial charge is 0.0950 e. The Morgan fingerprint density at radius 3 is 2.58 bits per heavy atom. The molecule has 0 radical (unpaired) electrons. The molecule has 0 spiro atoms. The Morgan fingerprint density at radius 2 is 2.17 bits per heavy atom. The topological polar surface area (TPSA) is 36.3 Å². The molecule has 12 heavy (non-hydrogen) atoms. The lowest BCUT2D eigenvalue weighted by Crippen LogP contribution is -2.34. The van der Waals surface area contributed by atoms with E-state index in [1.165, 1.54) is 0 Å². The number of hydrogen-bond acceptors (Lipinski definition) is 3. The van der Waals surface area contributed by atoms with Crippen LogP contribution in [0, 0.1) is 11.3 Å². The molecule has 0 aliphatic rings. The zero-order valence-corrected chi connectivity index (χ0v) is 8.21. The van der Waals surface area contributed by atoms with Gasteiger partial charge in [-0.3, -0.25) is 4.90 Å². The number of rotatable bonds is 6. The van der Waals surface area contributed by atoms with Gasteiger partial charge in [-0.25, -0.2) is 0 Å².